The van der Waals surface area contributed by atoms with E-state index >= 15 is 0 Å². The maximum atomic E-state index is 10.2. The highest BCUT2D eigenvalue weighted by molar-refractivity contribution is 5.27. The zero-order valence-corrected chi connectivity index (χ0v) is 11.3. The van der Waals surface area contributed by atoms with Crippen LogP contribution in [0.1, 0.15) is 25.6 Å². The lowest BCUT2D eigenvalue weighted by atomic mass is 10.0. The molecular weight excluding hydrogens is 218 g/mol. The van der Waals surface area contributed by atoms with E-state index in [4.69, 9.17) is 4.74 Å². The van der Waals surface area contributed by atoms with Crippen molar-refractivity contribution in [2.45, 2.75) is 26.5 Å². The van der Waals surface area contributed by atoms with Gasteiger partial charge in [0, 0.05) is 6.54 Å². The number of nitrogens with zero attached hydrogens (tertiary/aromatic N) is 3. The molecule has 17 heavy (non-hydrogen) atoms. The zero-order chi connectivity index (χ0) is 13.0. The predicted octanol–water partition coefficient (Wildman–Crippen LogP) is 1.14. The van der Waals surface area contributed by atoms with Crippen molar-refractivity contribution in [3.8, 4) is 5.75 Å². The van der Waals surface area contributed by atoms with Crippen LogP contribution in [0.2, 0.25) is 0 Å². The SMILES string of the molecule is COc1cnn(CCN(C)C)c1C(O)C(C)C. The number of hydrogen-bond acceptors (Lipinski definition) is 4. The molecule has 5 heteroatoms. The first kappa shape index (κ1) is 14.0. The highest BCUT2D eigenvalue weighted by atomic mass is 16.5. The van der Waals surface area contributed by atoms with Gasteiger partial charge in [0.25, 0.3) is 0 Å². The molecule has 1 aromatic heterocycles. The number of aliphatic hydroxyl groups excluding tert-OH is 1. The molecule has 1 atom stereocenters. The van der Waals surface area contributed by atoms with Crippen LogP contribution in [0.3, 0.4) is 0 Å². The lowest BCUT2D eigenvalue weighted by Crippen LogP contribution is -2.22. The van der Waals surface area contributed by atoms with Gasteiger partial charge in [-0.15, -0.1) is 0 Å². The molecular formula is C12H23N3O2. The maximum Gasteiger partial charge on any atom is 0.162 e. The number of ether oxygens (including phenoxy) is 1. The first-order chi connectivity index (χ1) is 7.97. The molecule has 0 aliphatic heterocycles. The molecule has 0 saturated carbocycles. The summed E-state index contributed by atoms with van der Waals surface area (Å²) in [6.45, 7) is 5.58. The second-order valence-corrected chi connectivity index (χ2v) is 4.81. The van der Waals surface area contributed by atoms with E-state index < -0.39 is 6.10 Å². The van der Waals surface area contributed by atoms with Crippen LogP contribution in [0.5, 0.6) is 5.75 Å². The molecule has 0 bridgehead atoms. The molecule has 0 aromatic carbocycles. The van der Waals surface area contributed by atoms with Gasteiger partial charge >= 0.3 is 0 Å². The van der Waals surface area contributed by atoms with Gasteiger partial charge < -0.3 is 14.7 Å². The Bertz CT molecular complexity index is 348. The van der Waals surface area contributed by atoms with E-state index in [0.29, 0.717) is 5.75 Å². The van der Waals surface area contributed by atoms with E-state index in [9.17, 15) is 5.11 Å². The summed E-state index contributed by atoms with van der Waals surface area (Å²) in [7, 11) is 5.63. The second-order valence-electron chi connectivity index (χ2n) is 4.81. The predicted molar refractivity (Wildman–Crippen MR) is 67.1 cm³/mol. The Hall–Kier alpha value is -1.07. The average Bonchev–Trinajstić information content (AvgIpc) is 2.67. The summed E-state index contributed by atoms with van der Waals surface area (Å²) in [5.74, 6) is 0.795. The summed E-state index contributed by atoms with van der Waals surface area (Å²) >= 11 is 0. The van der Waals surface area contributed by atoms with Gasteiger partial charge in [-0.3, -0.25) is 4.68 Å². The highest BCUT2D eigenvalue weighted by Gasteiger charge is 2.22. The van der Waals surface area contributed by atoms with E-state index in [1.54, 1.807) is 13.3 Å². The van der Waals surface area contributed by atoms with Gasteiger partial charge in [-0.05, 0) is 20.0 Å². The fraction of sp³-hybridized carbons (Fsp3) is 0.750. The molecule has 5 nitrogen and oxygen atoms in total. The van der Waals surface area contributed by atoms with Gasteiger partial charge in [0.05, 0.1) is 19.9 Å². The van der Waals surface area contributed by atoms with Crippen LogP contribution in [-0.4, -0.2) is 47.5 Å². The van der Waals surface area contributed by atoms with Gasteiger partial charge in [0.1, 0.15) is 11.8 Å². The molecule has 0 saturated heterocycles. The molecule has 0 amide bonds. The molecule has 1 N–H and O–H groups in total. The minimum absolute atomic E-state index is 0.138. The first-order valence-electron chi connectivity index (χ1n) is 5.89. The molecule has 1 heterocycles. The lowest BCUT2D eigenvalue weighted by Gasteiger charge is -2.19. The number of rotatable bonds is 6. The van der Waals surface area contributed by atoms with Gasteiger partial charge in [0.15, 0.2) is 5.75 Å². The van der Waals surface area contributed by atoms with Gasteiger partial charge in [-0.25, -0.2) is 0 Å². The van der Waals surface area contributed by atoms with Crippen molar-refractivity contribution < 1.29 is 9.84 Å². The number of aliphatic hydroxyl groups is 1. The van der Waals surface area contributed by atoms with E-state index in [-0.39, 0.29) is 5.92 Å². The number of likely N-dealkylation sites (N-methyl/N-ethyl adjacent to an activating group) is 1. The van der Waals surface area contributed by atoms with Crippen molar-refractivity contribution in [1.29, 1.82) is 0 Å². The van der Waals surface area contributed by atoms with Crippen LogP contribution in [-0.2, 0) is 6.54 Å². The van der Waals surface area contributed by atoms with E-state index in [1.165, 1.54) is 0 Å². The van der Waals surface area contributed by atoms with Crippen LogP contribution in [0.25, 0.3) is 0 Å². The summed E-state index contributed by atoms with van der Waals surface area (Å²) in [5.41, 5.74) is 0.768. The highest BCUT2D eigenvalue weighted by Crippen LogP contribution is 2.29. The maximum absolute atomic E-state index is 10.2. The Morgan fingerprint density at radius 3 is 2.59 bits per heavy atom. The minimum Gasteiger partial charge on any atom is -0.493 e. The standard InChI is InChI=1S/C12H23N3O2/c1-9(2)12(16)11-10(17-5)8-13-15(11)7-6-14(3)4/h8-9,12,16H,6-7H2,1-5H3. The van der Waals surface area contributed by atoms with Crippen molar-refractivity contribution in [2.24, 2.45) is 5.92 Å². The van der Waals surface area contributed by atoms with Gasteiger partial charge in [-0.2, -0.15) is 5.10 Å². The van der Waals surface area contributed by atoms with Crippen LogP contribution in [0.4, 0.5) is 0 Å². The Labute approximate surface area is 103 Å². The van der Waals surface area contributed by atoms with Crippen molar-refractivity contribution in [3.63, 3.8) is 0 Å². The second kappa shape index (κ2) is 6.02. The molecule has 1 aromatic rings. The topological polar surface area (TPSA) is 50.5 Å². The Morgan fingerprint density at radius 2 is 2.12 bits per heavy atom. The van der Waals surface area contributed by atoms with Crippen LogP contribution < -0.4 is 4.74 Å². The van der Waals surface area contributed by atoms with Crippen LogP contribution in [0.15, 0.2) is 6.20 Å². The molecule has 0 aliphatic carbocycles. The quantitative estimate of drug-likeness (QED) is 0.811. The third-order valence-corrected chi connectivity index (χ3v) is 2.74. The van der Waals surface area contributed by atoms with E-state index in [2.05, 4.69) is 10.00 Å². The van der Waals surface area contributed by atoms with Crippen LogP contribution >= 0.6 is 0 Å². The average molecular weight is 241 g/mol. The molecule has 0 spiro atoms. The zero-order valence-electron chi connectivity index (χ0n) is 11.3. The number of hydrogen-bond donors (Lipinski definition) is 1. The summed E-state index contributed by atoms with van der Waals surface area (Å²) < 4.78 is 7.07. The Balaban J connectivity index is 2.93. The Morgan fingerprint density at radius 1 is 1.47 bits per heavy atom. The summed E-state index contributed by atoms with van der Waals surface area (Å²) in [6.07, 6.45) is 1.12. The van der Waals surface area contributed by atoms with Crippen molar-refractivity contribution in [3.05, 3.63) is 11.9 Å². The number of aromatic nitrogens is 2. The monoisotopic (exact) mass is 241 g/mol. The fourth-order valence-electron chi connectivity index (χ4n) is 1.62. The molecule has 1 rings (SSSR count). The normalized spacial score (nSPS) is 13.4. The van der Waals surface area contributed by atoms with Gasteiger partial charge in [0.2, 0.25) is 0 Å². The molecule has 98 valence electrons. The van der Waals surface area contributed by atoms with E-state index in [1.807, 2.05) is 32.6 Å². The smallest absolute Gasteiger partial charge is 0.162 e. The van der Waals surface area contributed by atoms with Crippen molar-refractivity contribution in [1.82, 2.24) is 14.7 Å². The van der Waals surface area contributed by atoms with E-state index in [0.717, 1.165) is 18.8 Å². The largest absolute Gasteiger partial charge is 0.493 e. The molecule has 0 aliphatic rings. The molecule has 1 unspecified atom stereocenters. The third-order valence-electron chi connectivity index (χ3n) is 2.74. The minimum atomic E-state index is -0.547. The fourth-order valence-corrected chi connectivity index (χ4v) is 1.62. The molecule has 0 radical (unpaired) electrons. The summed E-state index contributed by atoms with van der Waals surface area (Å²) in [4.78, 5) is 2.08. The van der Waals surface area contributed by atoms with Gasteiger partial charge in [-0.1, -0.05) is 13.8 Å². The third kappa shape index (κ3) is 3.44. The summed E-state index contributed by atoms with van der Waals surface area (Å²) in [6, 6.07) is 0. The molecule has 0 fully saturated rings. The van der Waals surface area contributed by atoms with Crippen molar-refractivity contribution in [2.75, 3.05) is 27.7 Å². The Kier molecular flexibility index (Phi) is 4.96. The lowest BCUT2D eigenvalue weighted by molar-refractivity contribution is 0.113. The summed E-state index contributed by atoms with van der Waals surface area (Å²) in [5, 5.41) is 14.5. The number of methoxy groups -OCH3 is 1. The van der Waals surface area contributed by atoms with Crippen LogP contribution in [0, 0.1) is 5.92 Å². The van der Waals surface area contributed by atoms with Crippen molar-refractivity contribution >= 4 is 0 Å². The first-order valence-corrected chi connectivity index (χ1v) is 5.89.